The van der Waals surface area contributed by atoms with Crippen molar-refractivity contribution in [1.29, 1.82) is 0 Å². The molecule has 0 atom stereocenters. The molecule has 122 valence electrons. The number of carbonyl (C=O) groups is 1. The van der Waals surface area contributed by atoms with Crippen molar-refractivity contribution < 1.29 is 4.79 Å². The minimum Gasteiger partial charge on any atom is -0.337 e. The summed E-state index contributed by atoms with van der Waals surface area (Å²) >= 11 is 1.82. The summed E-state index contributed by atoms with van der Waals surface area (Å²) in [6.07, 6.45) is 1.74. The summed E-state index contributed by atoms with van der Waals surface area (Å²) in [5.74, 6) is 1.87. The topological polar surface area (TPSA) is 45.2 Å². The van der Waals surface area contributed by atoms with Crippen molar-refractivity contribution in [3.63, 3.8) is 0 Å². The third-order valence-corrected chi connectivity index (χ3v) is 4.41. The lowest BCUT2D eigenvalue weighted by Gasteiger charge is -2.17. The highest BCUT2D eigenvalue weighted by Crippen LogP contribution is 2.12. The smallest absolute Gasteiger partial charge is 0.317 e. The molecule has 23 heavy (non-hydrogen) atoms. The third kappa shape index (κ3) is 6.32. The van der Waals surface area contributed by atoms with Crippen LogP contribution in [0.3, 0.4) is 0 Å². The summed E-state index contributed by atoms with van der Waals surface area (Å²) in [6, 6.07) is 14.2. The number of nitrogens with zero attached hydrogens (tertiary/aromatic N) is 2. The van der Waals surface area contributed by atoms with Gasteiger partial charge in [-0.15, -0.1) is 0 Å². The zero-order chi connectivity index (χ0) is 16.5. The summed E-state index contributed by atoms with van der Waals surface area (Å²) < 4.78 is 0. The Balaban J connectivity index is 1.61. The molecular formula is C18H23N3OS. The number of nitrogens with one attached hydrogen (secondary N) is 1. The molecule has 0 spiro atoms. The molecule has 5 heteroatoms. The predicted octanol–water partition coefficient (Wildman–Crippen LogP) is 3.46. The molecule has 1 N–H and O–H groups in total. The second-order valence-electron chi connectivity index (χ2n) is 5.45. The van der Waals surface area contributed by atoms with E-state index in [0.717, 1.165) is 17.2 Å². The van der Waals surface area contributed by atoms with E-state index >= 15 is 0 Å². The highest BCUT2D eigenvalue weighted by atomic mass is 32.2. The largest absolute Gasteiger partial charge is 0.337 e. The van der Waals surface area contributed by atoms with Gasteiger partial charge >= 0.3 is 6.03 Å². The monoisotopic (exact) mass is 329 g/mol. The van der Waals surface area contributed by atoms with Gasteiger partial charge in [0.2, 0.25) is 0 Å². The molecule has 2 rings (SSSR count). The lowest BCUT2D eigenvalue weighted by Crippen LogP contribution is -2.38. The number of aromatic nitrogens is 1. The van der Waals surface area contributed by atoms with Crippen LogP contribution < -0.4 is 5.32 Å². The van der Waals surface area contributed by atoms with Crippen LogP contribution in [0.25, 0.3) is 0 Å². The van der Waals surface area contributed by atoms with Crippen LogP contribution in [-0.4, -0.2) is 35.3 Å². The van der Waals surface area contributed by atoms with Crippen LogP contribution in [0.15, 0.2) is 48.7 Å². The van der Waals surface area contributed by atoms with Gasteiger partial charge in [0.05, 0.1) is 12.2 Å². The molecule has 1 aromatic carbocycles. The quantitative estimate of drug-likeness (QED) is 0.791. The lowest BCUT2D eigenvalue weighted by atomic mass is 10.2. The number of aryl methyl sites for hydroxylation is 1. The van der Waals surface area contributed by atoms with Crippen molar-refractivity contribution in [1.82, 2.24) is 15.2 Å². The van der Waals surface area contributed by atoms with Gasteiger partial charge in [-0.3, -0.25) is 4.98 Å². The molecule has 0 fully saturated rings. The first-order valence-electron chi connectivity index (χ1n) is 7.67. The first-order valence-corrected chi connectivity index (χ1v) is 8.83. The number of carbonyl (C=O) groups excluding carboxylic acids is 1. The van der Waals surface area contributed by atoms with Crippen LogP contribution in [0.1, 0.15) is 16.8 Å². The van der Waals surface area contributed by atoms with Gasteiger partial charge in [-0.05, 0) is 24.6 Å². The third-order valence-electron chi connectivity index (χ3n) is 3.38. The molecule has 4 nitrogen and oxygen atoms in total. The van der Waals surface area contributed by atoms with Crippen molar-refractivity contribution in [2.45, 2.75) is 19.2 Å². The van der Waals surface area contributed by atoms with Crippen molar-refractivity contribution in [3.8, 4) is 0 Å². The first kappa shape index (κ1) is 17.3. The van der Waals surface area contributed by atoms with Crippen LogP contribution in [0.2, 0.25) is 0 Å². The Morgan fingerprint density at radius 2 is 2.00 bits per heavy atom. The summed E-state index contributed by atoms with van der Waals surface area (Å²) in [4.78, 5) is 17.9. The van der Waals surface area contributed by atoms with Crippen molar-refractivity contribution in [3.05, 3.63) is 65.5 Å². The Bertz CT molecular complexity index is 601. The van der Waals surface area contributed by atoms with Crippen molar-refractivity contribution in [2.75, 3.05) is 19.3 Å². The number of benzene rings is 1. The van der Waals surface area contributed by atoms with Gasteiger partial charge in [0, 0.05) is 31.3 Å². The van der Waals surface area contributed by atoms with Crippen LogP contribution in [-0.2, 0) is 12.3 Å². The second kappa shape index (κ2) is 9.20. The molecule has 2 amide bonds. The predicted molar refractivity (Wildman–Crippen MR) is 96.4 cm³/mol. The average molecular weight is 329 g/mol. The minimum absolute atomic E-state index is 0.0633. The molecular weight excluding hydrogens is 306 g/mol. The van der Waals surface area contributed by atoms with E-state index in [9.17, 15) is 4.79 Å². The van der Waals surface area contributed by atoms with E-state index in [4.69, 9.17) is 0 Å². The first-order chi connectivity index (χ1) is 11.1. The average Bonchev–Trinajstić information content (AvgIpc) is 2.57. The number of thioether (sulfide) groups is 1. The molecule has 0 saturated carbocycles. The van der Waals surface area contributed by atoms with Gasteiger partial charge in [-0.2, -0.15) is 11.8 Å². The van der Waals surface area contributed by atoms with E-state index in [0.29, 0.717) is 13.1 Å². The van der Waals surface area contributed by atoms with E-state index in [1.807, 2.05) is 30.0 Å². The Labute approximate surface area is 142 Å². The summed E-state index contributed by atoms with van der Waals surface area (Å²) in [5.41, 5.74) is 3.49. The number of hydrogen-bond acceptors (Lipinski definition) is 3. The van der Waals surface area contributed by atoms with Crippen LogP contribution in [0.4, 0.5) is 4.79 Å². The molecule has 0 aliphatic rings. The van der Waals surface area contributed by atoms with Crippen molar-refractivity contribution >= 4 is 17.8 Å². The fraction of sp³-hybridized carbons (Fsp3) is 0.333. The minimum atomic E-state index is -0.0633. The molecule has 0 unspecified atom stereocenters. The van der Waals surface area contributed by atoms with Crippen molar-refractivity contribution in [2.24, 2.45) is 0 Å². The highest BCUT2D eigenvalue weighted by Gasteiger charge is 2.08. The number of rotatable bonds is 7. The Kier molecular flexibility index (Phi) is 6.94. The standard InChI is InChI=1S/C18H23N3OS/c1-15-6-8-16(9-7-15)14-23-12-11-20-18(22)21(2)13-17-5-3-4-10-19-17/h3-10H,11-14H2,1-2H3,(H,20,22). The van der Waals surface area contributed by atoms with E-state index < -0.39 is 0 Å². The summed E-state index contributed by atoms with van der Waals surface area (Å²) in [7, 11) is 1.78. The molecule has 0 bridgehead atoms. The van der Waals surface area contributed by atoms with Crippen LogP contribution in [0.5, 0.6) is 0 Å². The SMILES string of the molecule is Cc1ccc(CSCCNC(=O)N(C)Cc2ccccn2)cc1. The Morgan fingerprint density at radius 3 is 2.70 bits per heavy atom. The molecule has 0 radical (unpaired) electrons. The zero-order valence-electron chi connectivity index (χ0n) is 13.7. The van der Waals surface area contributed by atoms with E-state index in [1.165, 1.54) is 11.1 Å². The fourth-order valence-corrected chi connectivity index (χ4v) is 2.86. The maximum Gasteiger partial charge on any atom is 0.317 e. The maximum absolute atomic E-state index is 12.0. The number of pyridine rings is 1. The van der Waals surface area contributed by atoms with Gasteiger partial charge in [0.25, 0.3) is 0 Å². The van der Waals surface area contributed by atoms with Crippen LogP contribution in [0, 0.1) is 6.92 Å². The van der Waals surface area contributed by atoms with Gasteiger partial charge < -0.3 is 10.2 Å². The zero-order valence-corrected chi connectivity index (χ0v) is 14.5. The number of hydrogen-bond donors (Lipinski definition) is 1. The Morgan fingerprint density at radius 1 is 1.22 bits per heavy atom. The van der Waals surface area contributed by atoms with Gasteiger partial charge in [-0.25, -0.2) is 4.79 Å². The molecule has 1 heterocycles. The van der Waals surface area contributed by atoms with E-state index in [2.05, 4.69) is 41.5 Å². The van der Waals surface area contributed by atoms with Crippen LogP contribution >= 0.6 is 11.8 Å². The fourth-order valence-electron chi connectivity index (χ4n) is 2.05. The maximum atomic E-state index is 12.0. The highest BCUT2D eigenvalue weighted by molar-refractivity contribution is 7.98. The molecule has 0 aliphatic carbocycles. The molecule has 0 aliphatic heterocycles. The molecule has 0 saturated heterocycles. The normalized spacial score (nSPS) is 10.3. The summed E-state index contributed by atoms with van der Waals surface area (Å²) in [5, 5.41) is 2.94. The van der Waals surface area contributed by atoms with Gasteiger partial charge in [0.1, 0.15) is 0 Å². The van der Waals surface area contributed by atoms with Gasteiger partial charge in [0.15, 0.2) is 0 Å². The number of urea groups is 1. The van der Waals surface area contributed by atoms with E-state index in [-0.39, 0.29) is 6.03 Å². The van der Waals surface area contributed by atoms with E-state index in [1.54, 1.807) is 18.1 Å². The number of amides is 2. The second-order valence-corrected chi connectivity index (χ2v) is 6.55. The molecule has 2 aromatic rings. The van der Waals surface area contributed by atoms with Gasteiger partial charge in [-0.1, -0.05) is 35.9 Å². The molecule has 1 aromatic heterocycles. The summed E-state index contributed by atoms with van der Waals surface area (Å²) in [6.45, 7) is 3.28. The Hall–Kier alpha value is -2.01. The lowest BCUT2D eigenvalue weighted by molar-refractivity contribution is 0.207.